The quantitative estimate of drug-likeness (QED) is 0.427. The minimum absolute atomic E-state index is 0.0719. The normalized spacial score (nSPS) is 12.4. The Labute approximate surface area is 101 Å². The van der Waals surface area contributed by atoms with Gasteiger partial charge in [-0.2, -0.15) is 0 Å². The van der Waals surface area contributed by atoms with Gasteiger partial charge in [-0.3, -0.25) is 5.84 Å². The molecule has 0 radical (unpaired) electrons. The van der Waals surface area contributed by atoms with E-state index in [1.165, 1.54) is 5.56 Å². The third-order valence-corrected chi connectivity index (χ3v) is 2.97. The molecule has 0 heterocycles. The summed E-state index contributed by atoms with van der Waals surface area (Å²) in [5.41, 5.74) is 12.9. The maximum Gasteiger partial charge on any atom is 0.0732 e. The first kappa shape index (κ1) is 11.6. The van der Waals surface area contributed by atoms with Gasteiger partial charge in [0.15, 0.2) is 0 Å². The Morgan fingerprint density at radius 2 is 1.53 bits per heavy atom. The van der Waals surface area contributed by atoms with E-state index in [4.69, 9.17) is 11.6 Å². The van der Waals surface area contributed by atoms with Crippen LogP contribution in [0, 0.1) is 6.92 Å². The van der Waals surface area contributed by atoms with Gasteiger partial charge in [-0.25, -0.2) is 5.43 Å². The average Bonchev–Trinajstić information content (AvgIpc) is 2.34. The summed E-state index contributed by atoms with van der Waals surface area (Å²) >= 11 is 0. The lowest BCUT2D eigenvalue weighted by molar-refractivity contribution is 0.635. The molecule has 0 spiro atoms. The van der Waals surface area contributed by atoms with Gasteiger partial charge in [-0.1, -0.05) is 42.5 Å². The van der Waals surface area contributed by atoms with Crippen molar-refractivity contribution >= 4 is 5.69 Å². The fraction of sp³-hybridized carbons (Fsp3) is 0.143. The number of hydrogen-bond donors (Lipinski definition) is 3. The molecule has 88 valence electrons. The van der Waals surface area contributed by atoms with Gasteiger partial charge in [-0.15, -0.1) is 0 Å². The van der Waals surface area contributed by atoms with Crippen molar-refractivity contribution < 1.29 is 0 Å². The van der Waals surface area contributed by atoms with Crippen LogP contribution in [-0.4, -0.2) is 0 Å². The summed E-state index contributed by atoms with van der Waals surface area (Å²) in [6, 6.07) is 15.8. The predicted molar refractivity (Wildman–Crippen MR) is 71.2 cm³/mol. The third kappa shape index (κ3) is 2.30. The van der Waals surface area contributed by atoms with Crippen LogP contribution in [0.1, 0.15) is 22.7 Å². The summed E-state index contributed by atoms with van der Waals surface area (Å²) in [5, 5.41) is 0. The summed E-state index contributed by atoms with van der Waals surface area (Å²) in [6.45, 7) is 2.07. The molecule has 3 nitrogen and oxygen atoms in total. The minimum Gasteiger partial charge on any atom is -0.398 e. The largest absolute Gasteiger partial charge is 0.398 e. The van der Waals surface area contributed by atoms with Gasteiger partial charge in [0, 0.05) is 5.69 Å². The van der Waals surface area contributed by atoms with Crippen LogP contribution in [-0.2, 0) is 0 Å². The highest BCUT2D eigenvalue weighted by Crippen LogP contribution is 2.27. The van der Waals surface area contributed by atoms with E-state index in [-0.39, 0.29) is 6.04 Å². The first-order valence-electron chi connectivity index (χ1n) is 5.60. The summed E-state index contributed by atoms with van der Waals surface area (Å²) in [6.07, 6.45) is 0. The summed E-state index contributed by atoms with van der Waals surface area (Å²) < 4.78 is 0. The molecular weight excluding hydrogens is 210 g/mol. The van der Waals surface area contributed by atoms with Crippen LogP contribution in [0.3, 0.4) is 0 Å². The SMILES string of the molecule is Cc1ccccc1C(NN)c1ccccc1N. The van der Waals surface area contributed by atoms with E-state index in [1.807, 2.05) is 36.4 Å². The number of hydrogen-bond acceptors (Lipinski definition) is 3. The topological polar surface area (TPSA) is 64.1 Å². The maximum absolute atomic E-state index is 5.99. The monoisotopic (exact) mass is 227 g/mol. The number of anilines is 1. The number of benzene rings is 2. The zero-order valence-electron chi connectivity index (χ0n) is 9.85. The van der Waals surface area contributed by atoms with Gasteiger partial charge in [0.25, 0.3) is 0 Å². The smallest absolute Gasteiger partial charge is 0.0732 e. The second-order valence-electron chi connectivity index (χ2n) is 4.09. The fourth-order valence-electron chi connectivity index (χ4n) is 2.03. The van der Waals surface area contributed by atoms with Gasteiger partial charge in [0.05, 0.1) is 6.04 Å². The molecule has 0 fully saturated rings. The number of rotatable bonds is 3. The molecule has 17 heavy (non-hydrogen) atoms. The molecule has 0 bridgehead atoms. The molecule has 3 heteroatoms. The van der Waals surface area contributed by atoms with Crippen molar-refractivity contribution in [2.45, 2.75) is 13.0 Å². The van der Waals surface area contributed by atoms with Gasteiger partial charge < -0.3 is 5.73 Å². The highest BCUT2D eigenvalue weighted by atomic mass is 15.2. The molecule has 5 N–H and O–H groups in total. The summed E-state index contributed by atoms with van der Waals surface area (Å²) in [4.78, 5) is 0. The van der Waals surface area contributed by atoms with Crippen LogP contribution in [0.5, 0.6) is 0 Å². The highest BCUT2D eigenvalue weighted by Gasteiger charge is 2.15. The first-order valence-corrected chi connectivity index (χ1v) is 5.60. The molecule has 0 aliphatic heterocycles. The Morgan fingerprint density at radius 3 is 2.12 bits per heavy atom. The molecule has 1 unspecified atom stereocenters. The number of para-hydroxylation sites is 1. The van der Waals surface area contributed by atoms with Crippen LogP contribution < -0.4 is 17.0 Å². The molecule has 2 aromatic carbocycles. The fourth-order valence-corrected chi connectivity index (χ4v) is 2.03. The van der Waals surface area contributed by atoms with Gasteiger partial charge in [0.1, 0.15) is 0 Å². The van der Waals surface area contributed by atoms with E-state index in [9.17, 15) is 0 Å². The Balaban J connectivity index is 2.48. The zero-order chi connectivity index (χ0) is 12.3. The van der Waals surface area contributed by atoms with Gasteiger partial charge in [0.2, 0.25) is 0 Å². The van der Waals surface area contributed by atoms with E-state index >= 15 is 0 Å². The number of nitrogen functional groups attached to an aromatic ring is 1. The van der Waals surface area contributed by atoms with Crippen molar-refractivity contribution in [1.29, 1.82) is 0 Å². The molecule has 0 saturated heterocycles. The third-order valence-electron chi connectivity index (χ3n) is 2.97. The molecule has 0 aromatic heterocycles. The lowest BCUT2D eigenvalue weighted by Crippen LogP contribution is -2.29. The van der Waals surface area contributed by atoms with Crippen LogP contribution in [0.4, 0.5) is 5.69 Å². The molecule has 2 aromatic rings. The predicted octanol–water partition coefficient (Wildman–Crippen LogP) is 2.13. The van der Waals surface area contributed by atoms with Crippen LogP contribution in [0.25, 0.3) is 0 Å². The molecule has 2 rings (SSSR count). The van der Waals surface area contributed by atoms with Crippen LogP contribution >= 0.6 is 0 Å². The Hall–Kier alpha value is -1.84. The first-order chi connectivity index (χ1) is 8.24. The van der Waals surface area contributed by atoms with Crippen LogP contribution in [0.2, 0.25) is 0 Å². The molecule has 0 aliphatic carbocycles. The average molecular weight is 227 g/mol. The van der Waals surface area contributed by atoms with Gasteiger partial charge >= 0.3 is 0 Å². The number of nitrogens with two attached hydrogens (primary N) is 2. The Kier molecular flexibility index (Phi) is 3.42. The van der Waals surface area contributed by atoms with Crippen molar-refractivity contribution in [3.8, 4) is 0 Å². The summed E-state index contributed by atoms with van der Waals surface area (Å²) in [5.74, 6) is 5.67. The van der Waals surface area contributed by atoms with Crippen molar-refractivity contribution in [1.82, 2.24) is 5.43 Å². The van der Waals surface area contributed by atoms with E-state index in [2.05, 4.69) is 24.5 Å². The number of nitrogens with one attached hydrogen (secondary N) is 1. The van der Waals surface area contributed by atoms with E-state index < -0.39 is 0 Å². The molecule has 0 amide bonds. The lowest BCUT2D eigenvalue weighted by Gasteiger charge is -2.20. The molecule has 0 saturated carbocycles. The molecule has 0 aliphatic rings. The van der Waals surface area contributed by atoms with E-state index in [0.29, 0.717) is 0 Å². The molecule has 1 atom stereocenters. The van der Waals surface area contributed by atoms with Crippen molar-refractivity contribution in [2.75, 3.05) is 5.73 Å². The Bertz CT molecular complexity index is 463. The zero-order valence-corrected chi connectivity index (χ0v) is 9.85. The van der Waals surface area contributed by atoms with Crippen molar-refractivity contribution in [2.24, 2.45) is 5.84 Å². The number of hydrazine groups is 1. The van der Waals surface area contributed by atoms with Crippen molar-refractivity contribution in [3.63, 3.8) is 0 Å². The highest BCUT2D eigenvalue weighted by molar-refractivity contribution is 5.52. The second kappa shape index (κ2) is 4.99. The molecular formula is C14H17N3. The standard InChI is InChI=1S/C14H17N3/c1-10-6-2-3-7-11(10)14(17-16)12-8-4-5-9-13(12)15/h2-9,14,17H,15-16H2,1H3. The van der Waals surface area contributed by atoms with Gasteiger partial charge in [-0.05, 0) is 29.7 Å². The van der Waals surface area contributed by atoms with Crippen molar-refractivity contribution in [3.05, 3.63) is 65.2 Å². The van der Waals surface area contributed by atoms with E-state index in [0.717, 1.165) is 16.8 Å². The lowest BCUT2D eigenvalue weighted by atomic mass is 9.94. The maximum atomic E-state index is 5.99. The van der Waals surface area contributed by atoms with E-state index in [1.54, 1.807) is 0 Å². The number of aryl methyl sites for hydroxylation is 1. The van der Waals surface area contributed by atoms with Crippen LogP contribution in [0.15, 0.2) is 48.5 Å². The second-order valence-corrected chi connectivity index (χ2v) is 4.09. The minimum atomic E-state index is -0.0719. The Morgan fingerprint density at radius 1 is 0.941 bits per heavy atom. The summed E-state index contributed by atoms with van der Waals surface area (Å²) in [7, 11) is 0.